The minimum Gasteiger partial charge on any atom is -0.497 e. The summed E-state index contributed by atoms with van der Waals surface area (Å²) < 4.78 is 15.5. The molecule has 0 aliphatic carbocycles. The molecular weight excluding hydrogens is 322 g/mol. The molecule has 6 nitrogen and oxygen atoms in total. The quantitative estimate of drug-likeness (QED) is 0.836. The van der Waals surface area contributed by atoms with E-state index in [0.717, 1.165) is 5.56 Å². The first-order valence-electron chi connectivity index (χ1n) is 7.88. The first kappa shape index (κ1) is 16.8. The number of imide groups is 1. The zero-order valence-corrected chi connectivity index (χ0v) is 14.1. The Hall–Kier alpha value is -3.02. The lowest BCUT2D eigenvalue weighted by atomic mass is 10.1. The van der Waals surface area contributed by atoms with Gasteiger partial charge < -0.3 is 14.2 Å². The Morgan fingerprint density at radius 3 is 2.36 bits per heavy atom. The van der Waals surface area contributed by atoms with E-state index in [-0.39, 0.29) is 18.9 Å². The largest absolute Gasteiger partial charge is 0.497 e. The Bertz CT molecular complexity index is 752. The molecule has 1 aliphatic heterocycles. The van der Waals surface area contributed by atoms with Crippen LogP contribution in [0.3, 0.4) is 0 Å². The molecule has 0 saturated carbocycles. The van der Waals surface area contributed by atoms with Gasteiger partial charge >= 0.3 is 6.09 Å². The van der Waals surface area contributed by atoms with Gasteiger partial charge in [-0.2, -0.15) is 0 Å². The lowest BCUT2D eigenvalue weighted by Crippen LogP contribution is -2.35. The maximum Gasteiger partial charge on any atom is 0.417 e. The van der Waals surface area contributed by atoms with Gasteiger partial charge in [0.1, 0.15) is 24.1 Å². The molecule has 2 amide bonds. The zero-order valence-electron chi connectivity index (χ0n) is 14.1. The standard InChI is InChI=1S/C19H19NO5/c1-23-15-8-13(9-16(11-15)24-2)10-18(21)20-17(12-25-19(20)22)14-6-4-3-5-7-14/h3-9,11,17H,10,12H2,1-2H3/t17-/m0/s1. The molecule has 0 N–H and O–H groups in total. The number of ether oxygens (including phenoxy) is 3. The molecule has 1 saturated heterocycles. The van der Waals surface area contributed by atoms with Gasteiger partial charge in [0.2, 0.25) is 5.91 Å². The first-order chi connectivity index (χ1) is 12.1. The Morgan fingerprint density at radius 1 is 1.12 bits per heavy atom. The van der Waals surface area contributed by atoms with Gasteiger partial charge in [0.05, 0.1) is 20.6 Å². The monoisotopic (exact) mass is 341 g/mol. The zero-order chi connectivity index (χ0) is 17.8. The Labute approximate surface area is 145 Å². The van der Waals surface area contributed by atoms with Crippen LogP contribution in [0.1, 0.15) is 17.2 Å². The summed E-state index contributed by atoms with van der Waals surface area (Å²) in [7, 11) is 3.09. The maximum absolute atomic E-state index is 12.8. The average molecular weight is 341 g/mol. The van der Waals surface area contributed by atoms with Crippen LogP contribution in [0.15, 0.2) is 48.5 Å². The summed E-state index contributed by atoms with van der Waals surface area (Å²) in [6, 6.07) is 14.2. The van der Waals surface area contributed by atoms with Crippen molar-refractivity contribution < 1.29 is 23.8 Å². The van der Waals surface area contributed by atoms with Crippen molar-refractivity contribution in [3.8, 4) is 11.5 Å². The molecule has 25 heavy (non-hydrogen) atoms. The molecule has 0 unspecified atom stereocenters. The lowest BCUT2D eigenvalue weighted by molar-refractivity contribution is -0.128. The molecule has 1 atom stereocenters. The van der Waals surface area contributed by atoms with E-state index in [1.54, 1.807) is 32.4 Å². The molecule has 1 heterocycles. The van der Waals surface area contributed by atoms with E-state index >= 15 is 0 Å². The number of cyclic esters (lactones) is 1. The fourth-order valence-electron chi connectivity index (χ4n) is 2.85. The van der Waals surface area contributed by atoms with E-state index in [4.69, 9.17) is 14.2 Å². The van der Waals surface area contributed by atoms with Crippen LogP contribution in [0.5, 0.6) is 11.5 Å². The van der Waals surface area contributed by atoms with Crippen molar-refractivity contribution in [2.45, 2.75) is 12.5 Å². The first-order valence-corrected chi connectivity index (χ1v) is 7.88. The molecule has 2 aromatic rings. The van der Waals surface area contributed by atoms with Crippen molar-refractivity contribution in [2.24, 2.45) is 0 Å². The van der Waals surface area contributed by atoms with Gasteiger partial charge in [-0.15, -0.1) is 0 Å². The number of nitrogens with zero attached hydrogens (tertiary/aromatic N) is 1. The minimum atomic E-state index is -0.617. The number of amides is 2. The predicted molar refractivity (Wildman–Crippen MR) is 90.6 cm³/mol. The Kier molecular flexibility index (Phi) is 4.88. The van der Waals surface area contributed by atoms with Crippen LogP contribution in [0.25, 0.3) is 0 Å². The number of rotatable bonds is 5. The third-order valence-corrected chi connectivity index (χ3v) is 4.09. The molecule has 6 heteroatoms. The SMILES string of the molecule is COc1cc(CC(=O)N2C(=O)OC[C@H]2c2ccccc2)cc(OC)c1. The summed E-state index contributed by atoms with van der Waals surface area (Å²) in [4.78, 5) is 26.0. The molecule has 3 rings (SSSR count). The maximum atomic E-state index is 12.8. The van der Waals surface area contributed by atoms with Crippen molar-refractivity contribution in [1.29, 1.82) is 0 Å². The van der Waals surface area contributed by atoms with E-state index in [2.05, 4.69) is 0 Å². The van der Waals surface area contributed by atoms with Gasteiger partial charge in [-0.05, 0) is 23.3 Å². The van der Waals surface area contributed by atoms with Gasteiger partial charge in [0.25, 0.3) is 0 Å². The van der Waals surface area contributed by atoms with Crippen LogP contribution in [-0.2, 0) is 16.0 Å². The summed E-state index contributed by atoms with van der Waals surface area (Å²) >= 11 is 0. The van der Waals surface area contributed by atoms with Crippen molar-refractivity contribution in [3.63, 3.8) is 0 Å². The van der Waals surface area contributed by atoms with Gasteiger partial charge in [0, 0.05) is 6.07 Å². The topological polar surface area (TPSA) is 65.1 Å². The number of benzene rings is 2. The van der Waals surface area contributed by atoms with Gasteiger partial charge in [0.15, 0.2) is 0 Å². The number of hydrogen-bond acceptors (Lipinski definition) is 5. The van der Waals surface area contributed by atoms with Gasteiger partial charge in [-0.1, -0.05) is 30.3 Å². The average Bonchev–Trinajstić information content (AvgIpc) is 3.03. The van der Waals surface area contributed by atoms with Crippen LogP contribution < -0.4 is 9.47 Å². The van der Waals surface area contributed by atoms with Crippen molar-refractivity contribution in [2.75, 3.05) is 20.8 Å². The lowest BCUT2D eigenvalue weighted by Gasteiger charge is -2.20. The third-order valence-electron chi connectivity index (χ3n) is 4.09. The summed E-state index contributed by atoms with van der Waals surface area (Å²) in [6.45, 7) is 0.163. The third kappa shape index (κ3) is 3.57. The Balaban J connectivity index is 1.83. The highest BCUT2D eigenvalue weighted by Gasteiger charge is 2.38. The highest BCUT2D eigenvalue weighted by atomic mass is 16.6. The van der Waals surface area contributed by atoms with Crippen LogP contribution in [0.4, 0.5) is 4.79 Å². The van der Waals surface area contributed by atoms with E-state index < -0.39 is 12.1 Å². The number of carbonyl (C=O) groups excluding carboxylic acids is 2. The fraction of sp³-hybridized carbons (Fsp3) is 0.263. The molecule has 1 fully saturated rings. The molecule has 130 valence electrons. The van der Waals surface area contributed by atoms with Crippen LogP contribution in [0, 0.1) is 0 Å². The molecule has 1 aliphatic rings. The molecule has 0 spiro atoms. The van der Waals surface area contributed by atoms with E-state index in [9.17, 15) is 9.59 Å². The molecule has 2 aromatic carbocycles. The smallest absolute Gasteiger partial charge is 0.417 e. The molecule has 0 radical (unpaired) electrons. The summed E-state index contributed by atoms with van der Waals surface area (Å²) in [5.74, 6) is 0.850. The number of methoxy groups -OCH3 is 2. The highest BCUT2D eigenvalue weighted by Crippen LogP contribution is 2.29. The van der Waals surface area contributed by atoms with E-state index in [0.29, 0.717) is 17.1 Å². The van der Waals surface area contributed by atoms with Gasteiger partial charge in [-0.25, -0.2) is 9.69 Å². The van der Waals surface area contributed by atoms with Crippen LogP contribution >= 0.6 is 0 Å². The van der Waals surface area contributed by atoms with Crippen molar-refractivity contribution in [3.05, 3.63) is 59.7 Å². The summed E-state index contributed by atoms with van der Waals surface area (Å²) in [5, 5.41) is 0. The number of hydrogen-bond donors (Lipinski definition) is 0. The second-order valence-corrected chi connectivity index (χ2v) is 5.66. The molecule has 0 bridgehead atoms. The normalized spacial score (nSPS) is 16.5. The fourth-order valence-corrected chi connectivity index (χ4v) is 2.85. The van der Waals surface area contributed by atoms with E-state index in [1.165, 1.54) is 4.90 Å². The van der Waals surface area contributed by atoms with Crippen molar-refractivity contribution >= 4 is 12.0 Å². The Morgan fingerprint density at radius 2 is 1.76 bits per heavy atom. The van der Waals surface area contributed by atoms with E-state index in [1.807, 2.05) is 30.3 Å². The summed E-state index contributed by atoms with van der Waals surface area (Å²) in [6.07, 6.45) is -0.569. The van der Waals surface area contributed by atoms with Crippen molar-refractivity contribution in [1.82, 2.24) is 4.90 Å². The predicted octanol–water partition coefficient (Wildman–Crippen LogP) is 2.97. The second kappa shape index (κ2) is 7.25. The van der Waals surface area contributed by atoms with Crippen LogP contribution in [-0.4, -0.2) is 37.7 Å². The minimum absolute atomic E-state index is 0.0476. The van der Waals surface area contributed by atoms with Gasteiger partial charge in [-0.3, -0.25) is 4.79 Å². The second-order valence-electron chi connectivity index (χ2n) is 5.66. The molecular formula is C19H19NO5. The van der Waals surface area contributed by atoms with Crippen LogP contribution in [0.2, 0.25) is 0 Å². The highest BCUT2D eigenvalue weighted by molar-refractivity contribution is 5.94. The number of carbonyl (C=O) groups is 2. The summed E-state index contributed by atoms with van der Waals surface area (Å²) in [5.41, 5.74) is 1.57. The molecule has 0 aromatic heterocycles.